The Morgan fingerprint density at radius 3 is 2.69 bits per heavy atom. The van der Waals surface area contributed by atoms with Crippen LogP contribution < -0.4 is 0 Å². The molecule has 1 aromatic rings. The molecule has 0 bridgehead atoms. The van der Waals surface area contributed by atoms with E-state index in [1.165, 1.54) is 11.1 Å². The topological polar surface area (TPSA) is 20.2 Å². The summed E-state index contributed by atoms with van der Waals surface area (Å²) in [6, 6.07) is 8.25. The zero-order valence-electron chi connectivity index (χ0n) is 7.77. The van der Waals surface area contributed by atoms with Gasteiger partial charge in [0.1, 0.15) is 0 Å². The maximum atomic E-state index is 9.70. The summed E-state index contributed by atoms with van der Waals surface area (Å²) < 4.78 is 0. The highest BCUT2D eigenvalue weighted by Crippen LogP contribution is 2.30. The minimum atomic E-state index is -0.221. The average molecular weight is 174 g/mol. The number of aryl methyl sites for hydroxylation is 1. The van der Waals surface area contributed by atoms with Crippen molar-refractivity contribution in [1.29, 1.82) is 0 Å². The highest BCUT2D eigenvalue weighted by Gasteiger charge is 2.22. The molecule has 1 aliphatic carbocycles. The second kappa shape index (κ2) is 3.35. The van der Waals surface area contributed by atoms with Crippen LogP contribution in [0.15, 0.2) is 36.4 Å². The van der Waals surface area contributed by atoms with E-state index in [1.807, 2.05) is 12.1 Å². The van der Waals surface area contributed by atoms with Crippen LogP contribution in [-0.4, -0.2) is 11.2 Å². The molecule has 0 saturated carbocycles. The molecule has 0 fully saturated rings. The molecule has 0 unspecified atom stereocenters. The van der Waals surface area contributed by atoms with Gasteiger partial charge in [-0.05, 0) is 24.5 Å². The molecule has 13 heavy (non-hydrogen) atoms. The summed E-state index contributed by atoms with van der Waals surface area (Å²) >= 11 is 0. The number of aliphatic hydroxyl groups is 1. The van der Waals surface area contributed by atoms with Crippen molar-refractivity contribution in [2.75, 3.05) is 0 Å². The number of rotatable bonds is 1. The largest absolute Gasteiger partial charge is 0.392 e. The molecule has 0 amide bonds. The molecule has 0 spiro atoms. The van der Waals surface area contributed by atoms with Crippen LogP contribution >= 0.6 is 0 Å². The molecule has 2 rings (SSSR count). The van der Waals surface area contributed by atoms with Gasteiger partial charge >= 0.3 is 0 Å². The molecule has 0 aliphatic heterocycles. The van der Waals surface area contributed by atoms with Crippen molar-refractivity contribution in [3.8, 4) is 0 Å². The van der Waals surface area contributed by atoms with Crippen LogP contribution in [0.25, 0.3) is 0 Å². The van der Waals surface area contributed by atoms with Gasteiger partial charge in [-0.3, -0.25) is 0 Å². The van der Waals surface area contributed by atoms with E-state index in [1.54, 1.807) is 0 Å². The molecule has 0 heterocycles. The van der Waals surface area contributed by atoms with Gasteiger partial charge in [-0.2, -0.15) is 0 Å². The summed E-state index contributed by atoms with van der Waals surface area (Å²) in [7, 11) is 0. The molecule has 1 aromatic carbocycles. The molecular weight excluding hydrogens is 160 g/mol. The van der Waals surface area contributed by atoms with Crippen LogP contribution in [0.5, 0.6) is 0 Å². The molecule has 2 atom stereocenters. The lowest BCUT2D eigenvalue weighted by molar-refractivity contribution is 0.171. The average Bonchev–Trinajstić information content (AvgIpc) is 2.52. The lowest BCUT2D eigenvalue weighted by atomic mass is 9.93. The fraction of sp³-hybridized carbons (Fsp3) is 0.333. The Morgan fingerprint density at radius 1 is 1.31 bits per heavy atom. The number of hydrogen-bond acceptors (Lipinski definition) is 1. The first kappa shape index (κ1) is 8.52. The van der Waals surface area contributed by atoms with Crippen LogP contribution in [0.1, 0.15) is 23.5 Å². The Labute approximate surface area is 78.7 Å². The Hall–Kier alpha value is -1.08. The minimum Gasteiger partial charge on any atom is -0.392 e. The van der Waals surface area contributed by atoms with Gasteiger partial charge in [-0.15, -0.1) is 0 Å². The normalized spacial score (nSPS) is 26.6. The summed E-state index contributed by atoms with van der Waals surface area (Å²) in [6.07, 6.45) is 4.73. The molecule has 0 radical (unpaired) electrons. The predicted molar refractivity (Wildman–Crippen MR) is 53.7 cm³/mol. The maximum absolute atomic E-state index is 9.70. The summed E-state index contributed by atoms with van der Waals surface area (Å²) in [5.41, 5.74) is 2.52. The van der Waals surface area contributed by atoms with Gasteiger partial charge < -0.3 is 5.11 Å². The highest BCUT2D eigenvalue weighted by atomic mass is 16.3. The predicted octanol–water partition coefficient (Wildman–Crippen LogP) is 2.40. The van der Waals surface area contributed by atoms with Crippen LogP contribution in [0.3, 0.4) is 0 Å². The number of benzene rings is 1. The number of hydrogen-bond donors (Lipinski definition) is 1. The quantitative estimate of drug-likeness (QED) is 0.648. The first-order valence-electron chi connectivity index (χ1n) is 4.69. The monoisotopic (exact) mass is 174 g/mol. The van der Waals surface area contributed by atoms with Gasteiger partial charge in [0, 0.05) is 5.92 Å². The molecule has 68 valence electrons. The van der Waals surface area contributed by atoms with Crippen LogP contribution in [0.2, 0.25) is 0 Å². The van der Waals surface area contributed by atoms with E-state index in [-0.39, 0.29) is 12.0 Å². The van der Waals surface area contributed by atoms with E-state index in [2.05, 4.69) is 31.2 Å². The van der Waals surface area contributed by atoms with Gasteiger partial charge in [0.2, 0.25) is 0 Å². The lowest BCUT2D eigenvalue weighted by Gasteiger charge is -2.16. The van der Waals surface area contributed by atoms with E-state index < -0.39 is 0 Å². The van der Waals surface area contributed by atoms with E-state index in [0.717, 1.165) is 6.42 Å². The Kier molecular flexibility index (Phi) is 2.19. The van der Waals surface area contributed by atoms with Crippen molar-refractivity contribution in [2.24, 2.45) is 0 Å². The van der Waals surface area contributed by atoms with Crippen molar-refractivity contribution in [2.45, 2.75) is 25.4 Å². The smallest absolute Gasteiger partial charge is 0.0677 e. The summed E-state index contributed by atoms with van der Waals surface area (Å²) in [4.78, 5) is 0. The summed E-state index contributed by atoms with van der Waals surface area (Å²) in [5.74, 6) is 0.209. The van der Waals surface area contributed by atoms with Crippen molar-refractivity contribution >= 4 is 0 Å². The first-order chi connectivity index (χ1) is 6.29. The van der Waals surface area contributed by atoms with Gasteiger partial charge in [-0.25, -0.2) is 0 Å². The standard InChI is InChI=1S/C12H14O/c1-9-5-2-3-6-10(9)11-7-4-8-12(11)13/h2-7,11-13H,8H2,1H3/t11-,12+/m0/s1. The van der Waals surface area contributed by atoms with E-state index in [4.69, 9.17) is 0 Å². The molecule has 0 saturated heterocycles. The third-order valence-electron chi connectivity index (χ3n) is 2.68. The molecule has 0 aromatic heterocycles. The van der Waals surface area contributed by atoms with E-state index in [9.17, 15) is 5.11 Å². The van der Waals surface area contributed by atoms with Gasteiger partial charge in [-0.1, -0.05) is 36.4 Å². The first-order valence-corrected chi connectivity index (χ1v) is 4.69. The van der Waals surface area contributed by atoms with Crippen molar-refractivity contribution in [1.82, 2.24) is 0 Å². The van der Waals surface area contributed by atoms with E-state index in [0.29, 0.717) is 0 Å². The van der Waals surface area contributed by atoms with Crippen molar-refractivity contribution < 1.29 is 5.11 Å². The van der Waals surface area contributed by atoms with Crippen molar-refractivity contribution in [3.63, 3.8) is 0 Å². The van der Waals surface area contributed by atoms with Crippen LogP contribution in [0, 0.1) is 6.92 Å². The van der Waals surface area contributed by atoms with Gasteiger partial charge in [0.15, 0.2) is 0 Å². The summed E-state index contributed by atoms with van der Waals surface area (Å²) in [5, 5.41) is 9.70. The number of aliphatic hydroxyl groups excluding tert-OH is 1. The van der Waals surface area contributed by atoms with Gasteiger partial charge in [0.25, 0.3) is 0 Å². The van der Waals surface area contributed by atoms with Crippen LogP contribution in [0.4, 0.5) is 0 Å². The zero-order valence-corrected chi connectivity index (χ0v) is 7.77. The fourth-order valence-electron chi connectivity index (χ4n) is 1.91. The Bertz CT molecular complexity index is 328. The maximum Gasteiger partial charge on any atom is 0.0677 e. The lowest BCUT2D eigenvalue weighted by Crippen LogP contribution is -2.12. The fourth-order valence-corrected chi connectivity index (χ4v) is 1.91. The second-order valence-corrected chi connectivity index (χ2v) is 3.61. The molecule has 1 N–H and O–H groups in total. The SMILES string of the molecule is Cc1ccccc1[C@@H]1C=CC[C@H]1O. The van der Waals surface area contributed by atoms with Gasteiger partial charge in [0.05, 0.1) is 6.10 Å². The molecule has 1 aliphatic rings. The van der Waals surface area contributed by atoms with E-state index >= 15 is 0 Å². The molecule has 1 heteroatoms. The highest BCUT2D eigenvalue weighted by molar-refractivity contribution is 5.34. The third-order valence-corrected chi connectivity index (χ3v) is 2.68. The molecular formula is C12H14O. The molecule has 1 nitrogen and oxygen atoms in total. The Balaban J connectivity index is 2.35. The summed E-state index contributed by atoms with van der Waals surface area (Å²) in [6.45, 7) is 2.09. The third kappa shape index (κ3) is 1.52. The van der Waals surface area contributed by atoms with Crippen LogP contribution in [-0.2, 0) is 0 Å². The minimum absolute atomic E-state index is 0.209. The Morgan fingerprint density at radius 2 is 2.08 bits per heavy atom. The second-order valence-electron chi connectivity index (χ2n) is 3.61. The van der Waals surface area contributed by atoms with Crippen molar-refractivity contribution in [3.05, 3.63) is 47.5 Å². The zero-order chi connectivity index (χ0) is 9.26.